The van der Waals surface area contributed by atoms with Crippen LogP contribution >= 0.6 is 0 Å². The summed E-state index contributed by atoms with van der Waals surface area (Å²) in [7, 11) is 0. The Bertz CT molecular complexity index is 561. The van der Waals surface area contributed by atoms with E-state index in [9.17, 15) is 0 Å². The summed E-state index contributed by atoms with van der Waals surface area (Å²) in [6, 6.07) is 3.79. The molecule has 0 aliphatic heterocycles. The predicted octanol–water partition coefficient (Wildman–Crippen LogP) is 2.31. The summed E-state index contributed by atoms with van der Waals surface area (Å²) < 4.78 is 0. The first-order chi connectivity index (χ1) is 8.24. The summed E-state index contributed by atoms with van der Waals surface area (Å²) in [5.41, 5.74) is 8.90. The van der Waals surface area contributed by atoms with Gasteiger partial charge < -0.3 is 5.73 Å². The normalized spacial score (nSPS) is 14.9. The zero-order valence-corrected chi connectivity index (χ0v) is 9.72. The predicted molar refractivity (Wildman–Crippen MR) is 66.4 cm³/mol. The Morgan fingerprint density at radius 2 is 2.12 bits per heavy atom. The molecule has 3 rings (SSSR count). The maximum Gasteiger partial charge on any atom is 0.134 e. The number of nitrogens with two attached hydrogens (primary N) is 1. The minimum Gasteiger partial charge on any atom is -0.384 e. The summed E-state index contributed by atoms with van der Waals surface area (Å²) in [5.74, 6) is 1.93. The molecular weight excluding hydrogens is 212 g/mol. The van der Waals surface area contributed by atoms with Gasteiger partial charge in [-0.1, -0.05) is 0 Å². The lowest BCUT2D eigenvalue weighted by Crippen LogP contribution is -2.00. The highest BCUT2D eigenvalue weighted by Crippen LogP contribution is 2.39. The van der Waals surface area contributed by atoms with Crippen molar-refractivity contribution >= 4 is 5.82 Å². The molecule has 1 fully saturated rings. The average Bonchev–Trinajstić information content (AvgIpc) is 3.12. The van der Waals surface area contributed by atoms with Crippen LogP contribution in [0.2, 0.25) is 0 Å². The summed E-state index contributed by atoms with van der Waals surface area (Å²) in [6.45, 7) is 2.05. The lowest BCUT2D eigenvalue weighted by molar-refractivity contribution is 0.935. The molecule has 2 aromatic rings. The van der Waals surface area contributed by atoms with Crippen LogP contribution in [0.3, 0.4) is 0 Å². The van der Waals surface area contributed by atoms with E-state index in [0.717, 1.165) is 22.6 Å². The van der Waals surface area contributed by atoms with Crippen LogP contribution in [0.15, 0.2) is 24.5 Å². The highest BCUT2D eigenvalue weighted by molar-refractivity contribution is 5.64. The van der Waals surface area contributed by atoms with Crippen molar-refractivity contribution in [3.8, 4) is 11.3 Å². The maximum atomic E-state index is 5.84. The van der Waals surface area contributed by atoms with Crippen molar-refractivity contribution in [2.75, 3.05) is 5.73 Å². The van der Waals surface area contributed by atoms with Gasteiger partial charge in [0.05, 0.1) is 5.69 Å². The van der Waals surface area contributed by atoms with Gasteiger partial charge in [0.1, 0.15) is 11.6 Å². The number of aromatic nitrogens is 3. The Labute approximate surface area is 99.9 Å². The fraction of sp³-hybridized carbons (Fsp3) is 0.308. The van der Waals surface area contributed by atoms with Gasteiger partial charge in [0, 0.05) is 29.9 Å². The molecule has 2 N–H and O–H groups in total. The third-order valence-corrected chi connectivity index (χ3v) is 3.02. The third kappa shape index (κ3) is 1.98. The Hall–Kier alpha value is -1.97. The van der Waals surface area contributed by atoms with Crippen molar-refractivity contribution in [2.24, 2.45) is 0 Å². The lowest BCUT2D eigenvalue weighted by atomic mass is 10.1. The van der Waals surface area contributed by atoms with Crippen LogP contribution in [0.25, 0.3) is 11.3 Å². The minimum atomic E-state index is 0.509. The van der Waals surface area contributed by atoms with Crippen molar-refractivity contribution in [1.82, 2.24) is 15.0 Å². The second kappa shape index (κ2) is 3.80. The van der Waals surface area contributed by atoms with E-state index in [1.54, 1.807) is 6.20 Å². The Kier molecular flexibility index (Phi) is 2.28. The van der Waals surface area contributed by atoms with Crippen molar-refractivity contribution in [3.63, 3.8) is 0 Å². The van der Waals surface area contributed by atoms with E-state index in [2.05, 4.69) is 15.0 Å². The smallest absolute Gasteiger partial charge is 0.134 e. The van der Waals surface area contributed by atoms with Crippen LogP contribution in [0.4, 0.5) is 5.82 Å². The fourth-order valence-corrected chi connectivity index (χ4v) is 1.88. The Morgan fingerprint density at radius 3 is 2.82 bits per heavy atom. The molecule has 4 nitrogen and oxygen atoms in total. The first-order valence-corrected chi connectivity index (χ1v) is 5.79. The maximum absolute atomic E-state index is 5.84. The molecule has 2 aromatic heterocycles. The topological polar surface area (TPSA) is 64.7 Å². The number of aryl methyl sites for hydroxylation is 1. The molecule has 1 saturated carbocycles. The monoisotopic (exact) mass is 226 g/mol. The third-order valence-electron chi connectivity index (χ3n) is 3.02. The van der Waals surface area contributed by atoms with Crippen molar-refractivity contribution in [1.29, 1.82) is 0 Å². The zero-order chi connectivity index (χ0) is 11.8. The van der Waals surface area contributed by atoms with E-state index < -0.39 is 0 Å². The number of rotatable bonds is 2. The molecule has 86 valence electrons. The lowest BCUT2D eigenvalue weighted by Gasteiger charge is -2.07. The van der Waals surface area contributed by atoms with Crippen molar-refractivity contribution in [2.45, 2.75) is 25.7 Å². The molecule has 2 heterocycles. The zero-order valence-electron chi connectivity index (χ0n) is 9.72. The second-order valence-electron chi connectivity index (χ2n) is 4.50. The molecule has 0 amide bonds. The van der Waals surface area contributed by atoms with E-state index in [-0.39, 0.29) is 0 Å². The van der Waals surface area contributed by atoms with Crippen LogP contribution in [-0.2, 0) is 0 Å². The van der Waals surface area contributed by atoms with Crippen LogP contribution < -0.4 is 5.73 Å². The summed E-state index contributed by atoms with van der Waals surface area (Å²) in [6.07, 6.45) is 5.96. The molecular formula is C13H14N4. The largest absolute Gasteiger partial charge is 0.384 e. The standard InChI is InChI=1S/C13H14N4/c1-8-4-5-15-7-10(8)11-6-12(14)17-13(16-11)9-2-3-9/h4-7,9H,2-3H2,1H3,(H2,14,16,17). The highest BCUT2D eigenvalue weighted by atomic mass is 15.0. The quantitative estimate of drug-likeness (QED) is 0.853. The molecule has 0 aromatic carbocycles. The van der Waals surface area contributed by atoms with Crippen LogP contribution in [0, 0.1) is 6.92 Å². The van der Waals surface area contributed by atoms with Gasteiger partial charge >= 0.3 is 0 Å². The first kappa shape index (κ1) is 10.2. The Balaban J connectivity index is 2.11. The van der Waals surface area contributed by atoms with Gasteiger partial charge in [0.25, 0.3) is 0 Å². The fourth-order valence-electron chi connectivity index (χ4n) is 1.88. The van der Waals surface area contributed by atoms with E-state index in [0.29, 0.717) is 11.7 Å². The summed E-state index contributed by atoms with van der Waals surface area (Å²) >= 11 is 0. The van der Waals surface area contributed by atoms with E-state index in [1.165, 1.54) is 12.8 Å². The van der Waals surface area contributed by atoms with Gasteiger partial charge in [-0.3, -0.25) is 4.98 Å². The first-order valence-electron chi connectivity index (χ1n) is 5.79. The van der Waals surface area contributed by atoms with Crippen LogP contribution in [0.5, 0.6) is 0 Å². The van der Waals surface area contributed by atoms with Gasteiger partial charge in [-0.2, -0.15) is 0 Å². The summed E-state index contributed by atoms with van der Waals surface area (Å²) in [4.78, 5) is 13.0. The number of hydrogen-bond donors (Lipinski definition) is 1. The average molecular weight is 226 g/mol. The summed E-state index contributed by atoms with van der Waals surface area (Å²) in [5, 5.41) is 0. The van der Waals surface area contributed by atoms with Gasteiger partial charge in [-0.05, 0) is 31.4 Å². The molecule has 17 heavy (non-hydrogen) atoms. The van der Waals surface area contributed by atoms with Crippen molar-refractivity contribution < 1.29 is 0 Å². The highest BCUT2D eigenvalue weighted by Gasteiger charge is 2.27. The number of nitrogens with zero attached hydrogens (tertiary/aromatic N) is 3. The molecule has 1 aliphatic carbocycles. The van der Waals surface area contributed by atoms with E-state index in [4.69, 9.17) is 5.73 Å². The van der Waals surface area contributed by atoms with Gasteiger partial charge in [-0.25, -0.2) is 9.97 Å². The SMILES string of the molecule is Cc1ccncc1-c1cc(N)nc(C2CC2)n1. The van der Waals surface area contributed by atoms with Gasteiger partial charge in [0.15, 0.2) is 0 Å². The van der Waals surface area contributed by atoms with E-state index in [1.807, 2.05) is 25.3 Å². The van der Waals surface area contributed by atoms with Crippen molar-refractivity contribution in [3.05, 3.63) is 35.9 Å². The molecule has 0 bridgehead atoms. The van der Waals surface area contributed by atoms with E-state index >= 15 is 0 Å². The molecule has 0 atom stereocenters. The molecule has 0 radical (unpaired) electrons. The Morgan fingerprint density at radius 1 is 1.29 bits per heavy atom. The van der Waals surface area contributed by atoms with Crippen LogP contribution in [-0.4, -0.2) is 15.0 Å². The second-order valence-corrected chi connectivity index (χ2v) is 4.50. The molecule has 4 heteroatoms. The van der Waals surface area contributed by atoms with Crippen LogP contribution in [0.1, 0.15) is 30.1 Å². The molecule has 0 saturated heterocycles. The molecule has 0 unspecified atom stereocenters. The number of nitrogen functional groups attached to an aromatic ring is 1. The molecule has 1 aliphatic rings. The number of pyridine rings is 1. The van der Waals surface area contributed by atoms with Gasteiger partial charge in [0.2, 0.25) is 0 Å². The number of hydrogen-bond acceptors (Lipinski definition) is 4. The number of anilines is 1. The minimum absolute atomic E-state index is 0.509. The molecule has 0 spiro atoms. The van der Waals surface area contributed by atoms with Gasteiger partial charge in [-0.15, -0.1) is 0 Å².